The van der Waals surface area contributed by atoms with Crippen LogP contribution in [0.4, 0.5) is 0 Å². The number of hydrogen-bond acceptors (Lipinski definition) is 2. The number of aryl methyl sites for hydroxylation is 1. The predicted octanol–water partition coefficient (Wildman–Crippen LogP) is 3.42. The Labute approximate surface area is 118 Å². The number of nitrogens with one attached hydrogen (secondary N) is 1. The molecule has 4 rings (SSSR count). The molecular weight excluding hydrogens is 254 g/mol. The first-order chi connectivity index (χ1) is 9.24. The standard InChI is InChI=1S/C15H19N3S/c1-10-4-5-11-14(9-10)18(15(19)16-11)13-6-8-17-7-2-3-12(13)17/h4-5,9,12-13H,2-3,6-8H2,1H3,(H,16,19). The maximum absolute atomic E-state index is 5.58. The molecule has 2 aliphatic rings. The number of imidazole rings is 1. The van der Waals surface area contributed by atoms with Gasteiger partial charge in [0.05, 0.1) is 17.1 Å². The molecule has 2 saturated heterocycles. The molecule has 3 heterocycles. The van der Waals surface area contributed by atoms with Gasteiger partial charge in [0.15, 0.2) is 4.77 Å². The summed E-state index contributed by atoms with van der Waals surface area (Å²) in [5.41, 5.74) is 3.76. The predicted molar refractivity (Wildman–Crippen MR) is 80.1 cm³/mol. The van der Waals surface area contributed by atoms with Crippen LogP contribution in [0.1, 0.15) is 30.9 Å². The maximum Gasteiger partial charge on any atom is 0.178 e. The average molecular weight is 273 g/mol. The number of hydrogen-bond donors (Lipinski definition) is 1. The summed E-state index contributed by atoms with van der Waals surface area (Å²) in [6.07, 6.45) is 3.90. The van der Waals surface area contributed by atoms with E-state index in [0.29, 0.717) is 12.1 Å². The lowest BCUT2D eigenvalue weighted by molar-refractivity contribution is 0.291. The van der Waals surface area contributed by atoms with Crippen LogP contribution in [-0.4, -0.2) is 33.6 Å². The molecule has 19 heavy (non-hydrogen) atoms. The zero-order valence-electron chi connectivity index (χ0n) is 11.2. The van der Waals surface area contributed by atoms with Crippen molar-refractivity contribution in [3.63, 3.8) is 0 Å². The number of aromatic amines is 1. The Morgan fingerprint density at radius 3 is 3.00 bits per heavy atom. The van der Waals surface area contributed by atoms with Crippen molar-refractivity contribution in [2.75, 3.05) is 13.1 Å². The van der Waals surface area contributed by atoms with E-state index in [0.717, 1.165) is 4.77 Å². The number of benzene rings is 1. The van der Waals surface area contributed by atoms with Gasteiger partial charge in [-0.1, -0.05) is 6.07 Å². The Balaban J connectivity index is 1.88. The lowest BCUT2D eigenvalue weighted by atomic mass is 10.1. The number of rotatable bonds is 1. The topological polar surface area (TPSA) is 24.0 Å². The van der Waals surface area contributed by atoms with Gasteiger partial charge in [0, 0.05) is 12.6 Å². The van der Waals surface area contributed by atoms with E-state index < -0.39 is 0 Å². The van der Waals surface area contributed by atoms with Gasteiger partial charge in [0.1, 0.15) is 0 Å². The molecule has 3 nitrogen and oxygen atoms in total. The lowest BCUT2D eigenvalue weighted by Crippen LogP contribution is -2.27. The van der Waals surface area contributed by atoms with Gasteiger partial charge in [-0.05, 0) is 62.6 Å². The molecular formula is C15H19N3S. The van der Waals surface area contributed by atoms with Crippen LogP contribution in [0.25, 0.3) is 11.0 Å². The Kier molecular flexibility index (Phi) is 2.57. The molecule has 1 aromatic carbocycles. The molecule has 2 fully saturated rings. The summed E-state index contributed by atoms with van der Waals surface area (Å²) in [6.45, 7) is 4.65. The number of H-pyrrole nitrogens is 1. The van der Waals surface area contributed by atoms with Crippen LogP contribution in [0.2, 0.25) is 0 Å². The highest BCUT2D eigenvalue weighted by atomic mass is 32.1. The Hall–Kier alpha value is -1.13. The highest BCUT2D eigenvalue weighted by Gasteiger charge is 2.38. The van der Waals surface area contributed by atoms with E-state index in [9.17, 15) is 0 Å². The van der Waals surface area contributed by atoms with Crippen LogP contribution >= 0.6 is 12.2 Å². The van der Waals surface area contributed by atoms with Crippen molar-refractivity contribution in [2.45, 2.75) is 38.3 Å². The van der Waals surface area contributed by atoms with Gasteiger partial charge in [-0.15, -0.1) is 0 Å². The summed E-state index contributed by atoms with van der Waals surface area (Å²) in [5, 5.41) is 0. The summed E-state index contributed by atoms with van der Waals surface area (Å²) in [5.74, 6) is 0. The van der Waals surface area contributed by atoms with Gasteiger partial charge < -0.3 is 9.55 Å². The van der Waals surface area contributed by atoms with Crippen molar-refractivity contribution >= 4 is 23.3 Å². The van der Waals surface area contributed by atoms with E-state index in [1.165, 1.54) is 48.9 Å². The highest BCUT2D eigenvalue weighted by Crippen LogP contribution is 2.37. The zero-order chi connectivity index (χ0) is 13.0. The zero-order valence-corrected chi connectivity index (χ0v) is 12.0. The Morgan fingerprint density at radius 2 is 2.11 bits per heavy atom. The summed E-state index contributed by atoms with van der Waals surface area (Å²) in [4.78, 5) is 6.01. The minimum Gasteiger partial charge on any atom is -0.331 e. The van der Waals surface area contributed by atoms with Gasteiger partial charge in [-0.2, -0.15) is 0 Å². The van der Waals surface area contributed by atoms with Crippen LogP contribution in [0.3, 0.4) is 0 Å². The van der Waals surface area contributed by atoms with Crippen molar-refractivity contribution < 1.29 is 0 Å². The minimum atomic E-state index is 0.561. The molecule has 0 spiro atoms. The van der Waals surface area contributed by atoms with E-state index in [1.807, 2.05) is 0 Å². The Morgan fingerprint density at radius 1 is 1.21 bits per heavy atom. The van der Waals surface area contributed by atoms with Crippen LogP contribution in [0.15, 0.2) is 18.2 Å². The van der Waals surface area contributed by atoms with E-state index in [1.54, 1.807) is 0 Å². The van der Waals surface area contributed by atoms with E-state index >= 15 is 0 Å². The molecule has 0 aliphatic carbocycles. The van der Waals surface area contributed by atoms with Gasteiger partial charge >= 0.3 is 0 Å². The fourth-order valence-electron chi connectivity index (χ4n) is 3.92. The second kappa shape index (κ2) is 4.18. The maximum atomic E-state index is 5.58. The van der Waals surface area contributed by atoms with Crippen LogP contribution in [0, 0.1) is 11.7 Å². The third-order valence-corrected chi connectivity index (χ3v) is 5.07. The first-order valence-electron chi connectivity index (χ1n) is 7.19. The van der Waals surface area contributed by atoms with Gasteiger partial charge in [0.2, 0.25) is 0 Å². The smallest absolute Gasteiger partial charge is 0.178 e. The summed E-state index contributed by atoms with van der Waals surface area (Å²) >= 11 is 5.58. The third-order valence-electron chi connectivity index (χ3n) is 4.78. The van der Waals surface area contributed by atoms with Gasteiger partial charge in [0.25, 0.3) is 0 Å². The van der Waals surface area contributed by atoms with E-state index in [2.05, 4.69) is 39.6 Å². The normalized spacial score (nSPS) is 27.2. The second-order valence-corrected chi connectivity index (χ2v) is 6.31. The van der Waals surface area contributed by atoms with Crippen LogP contribution < -0.4 is 0 Å². The molecule has 2 unspecified atom stereocenters. The summed E-state index contributed by atoms with van der Waals surface area (Å²) < 4.78 is 3.27. The fraction of sp³-hybridized carbons (Fsp3) is 0.533. The monoisotopic (exact) mass is 273 g/mol. The molecule has 0 radical (unpaired) electrons. The van der Waals surface area contributed by atoms with E-state index in [-0.39, 0.29) is 0 Å². The summed E-state index contributed by atoms with van der Waals surface area (Å²) in [7, 11) is 0. The molecule has 100 valence electrons. The molecule has 0 bridgehead atoms. The van der Waals surface area contributed by atoms with Crippen LogP contribution in [-0.2, 0) is 0 Å². The molecule has 2 aliphatic heterocycles. The fourth-order valence-corrected chi connectivity index (χ4v) is 4.26. The minimum absolute atomic E-state index is 0.561. The van der Waals surface area contributed by atoms with Crippen molar-refractivity contribution in [1.82, 2.24) is 14.5 Å². The first-order valence-corrected chi connectivity index (χ1v) is 7.60. The summed E-state index contributed by atoms with van der Waals surface area (Å²) in [6, 6.07) is 7.82. The van der Waals surface area contributed by atoms with E-state index in [4.69, 9.17) is 12.2 Å². The number of aromatic nitrogens is 2. The average Bonchev–Trinajstić information content (AvgIpc) is 3.03. The first kappa shape index (κ1) is 11.7. The van der Waals surface area contributed by atoms with Crippen molar-refractivity contribution in [2.24, 2.45) is 0 Å². The van der Waals surface area contributed by atoms with Crippen molar-refractivity contribution in [3.05, 3.63) is 28.5 Å². The largest absolute Gasteiger partial charge is 0.331 e. The molecule has 1 aromatic heterocycles. The number of nitrogens with zero attached hydrogens (tertiary/aromatic N) is 2. The number of fused-ring (bicyclic) bond motifs is 2. The van der Waals surface area contributed by atoms with Crippen molar-refractivity contribution in [1.29, 1.82) is 0 Å². The van der Waals surface area contributed by atoms with Gasteiger partial charge in [-0.3, -0.25) is 4.90 Å². The molecule has 0 amide bonds. The second-order valence-electron chi connectivity index (χ2n) is 5.92. The molecule has 0 saturated carbocycles. The molecule has 2 aromatic rings. The Bertz CT molecular complexity index is 684. The third kappa shape index (κ3) is 1.70. The molecule has 4 heteroatoms. The quantitative estimate of drug-likeness (QED) is 0.805. The molecule has 1 N–H and O–H groups in total. The SMILES string of the molecule is Cc1ccc2[nH]c(=S)n(C3CCN4CCCC34)c2c1. The molecule has 2 atom stereocenters. The highest BCUT2D eigenvalue weighted by molar-refractivity contribution is 7.71. The lowest BCUT2D eigenvalue weighted by Gasteiger charge is -2.22. The van der Waals surface area contributed by atoms with Gasteiger partial charge in [-0.25, -0.2) is 0 Å². The van der Waals surface area contributed by atoms with Crippen LogP contribution in [0.5, 0.6) is 0 Å². The van der Waals surface area contributed by atoms with Crippen molar-refractivity contribution in [3.8, 4) is 0 Å².